The van der Waals surface area contributed by atoms with Crippen LogP contribution < -0.4 is 19.7 Å². The number of ether oxygens (including phenoxy) is 2. The molecule has 2 aromatic rings. The van der Waals surface area contributed by atoms with E-state index in [1.54, 1.807) is 18.1 Å². The number of carbonyl (C=O) groups excluding carboxylic acids is 2. The number of methoxy groups -OCH3 is 2. The van der Waals surface area contributed by atoms with Gasteiger partial charge < -0.3 is 19.7 Å². The van der Waals surface area contributed by atoms with Crippen LogP contribution in [0.25, 0.3) is 0 Å². The zero-order valence-corrected chi connectivity index (χ0v) is 19.8. The van der Waals surface area contributed by atoms with E-state index < -0.39 is 15.9 Å². The van der Waals surface area contributed by atoms with Crippen LogP contribution in [0.2, 0.25) is 0 Å². The van der Waals surface area contributed by atoms with E-state index in [2.05, 4.69) is 10.0 Å². The summed E-state index contributed by atoms with van der Waals surface area (Å²) in [5, 5.41) is 2.77. The zero-order valence-electron chi connectivity index (χ0n) is 19.0. The Morgan fingerprint density at radius 2 is 1.88 bits per heavy atom. The molecule has 1 aliphatic heterocycles. The molecule has 178 valence electrons. The standard InChI is InChI=1S/C23H29N3O6S/c1-16-5-10-21(32-3)20(13-16)26-15-17(14-22(26)27)23(28)25-18-6-8-19(9-7-18)33(29,30)24-11-4-12-31-2/h5-10,13,17,24H,4,11-12,14-15H2,1-3H3,(H,25,28). The first-order chi connectivity index (χ1) is 15.7. The van der Waals surface area contributed by atoms with Crippen molar-refractivity contribution in [3.8, 4) is 5.75 Å². The van der Waals surface area contributed by atoms with Gasteiger partial charge in [0.05, 0.1) is 23.6 Å². The van der Waals surface area contributed by atoms with Crippen molar-refractivity contribution in [1.82, 2.24) is 4.72 Å². The lowest BCUT2D eigenvalue weighted by Gasteiger charge is -2.20. The van der Waals surface area contributed by atoms with Gasteiger partial charge >= 0.3 is 0 Å². The summed E-state index contributed by atoms with van der Waals surface area (Å²) in [6.07, 6.45) is 0.649. The largest absolute Gasteiger partial charge is 0.495 e. The quantitative estimate of drug-likeness (QED) is 0.510. The molecule has 1 saturated heterocycles. The van der Waals surface area contributed by atoms with Gasteiger partial charge in [0.2, 0.25) is 21.8 Å². The van der Waals surface area contributed by atoms with E-state index in [4.69, 9.17) is 9.47 Å². The highest BCUT2D eigenvalue weighted by molar-refractivity contribution is 7.89. The van der Waals surface area contributed by atoms with Crippen LogP contribution in [0.1, 0.15) is 18.4 Å². The highest BCUT2D eigenvalue weighted by Crippen LogP contribution is 2.34. The number of anilines is 2. The lowest BCUT2D eigenvalue weighted by atomic mass is 10.1. The summed E-state index contributed by atoms with van der Waals surface area (Å²) in [6, 6.07) is 11.5. The number of amides is 2. The van der Waals surface area contributed by atoms with Gasteiger partial charge in [-0.05, 0) is 55.3 Å². The summed E-state index contributed by atoms with van der Waals surface area (Å²) in [6.45, 7) is 2.90. The molecule has 10 heteroatoms. The minimum Gasteiger partial charge on any atom is -0.495 e. The van der Waals surface area contributed by atoms with Gasteiger partial charge in [-0.2, -0.15) is 0 Å². The molecule has 9 nitrogen and oxygen atoms in total. The maximum absolute atomic E-state index is 12.8. The highest BCUT2D eigenvalue weighted by atomic mass is 32.2. The lowest BCUT2D eigenvalue weighted by Crippen LogP contribution is -2.28. The number of hydrogen-bond donors (Lipinski definition) is 2. The maximum atomic E-state index is 12.8. The van der Waals surface area contributed by atoms with Crippen molar-refractivity contribution in [3.05, 3.63) is 48.0 Å². The van der Waals surface area contributed by atoms with Gasteiger partial charge in [-0.15, -0.1) is 0 Å². The molecule has 2 aromatic carbocycles. The Hall–Kier alpha value is -2.95. The van der Waals surface area contributed by atoms with Crippen molar-refractivity contribution in [3.63, 3.8) is 0 Å². The Morgan fingerprint density at radius 3 is 2.55 bits per heavy atom. The molecule has 1 aliphatic rings. The van der Waals surface area contributed by atoms with Gasteiger partial charge in [0.15, 0.2) is 0 Å². The monoisotopic (exact) mass is 475 g/mol. The van der Waals surface area contributed by atoms with E-state index >= 15 is 0 Å². The van der Waals surface area contributed by atoms with Crippen LogP contribution in [0.4, 0.5) is 11.4 Å². The summed E-state index contributed by atoms with van der Waals surface area (Å²) >= 11 is 0. The van der Waals surface area contributed by atoms with Crippen LogP contribution in [-0.4, -0.2) is 54.1 Å². The number of sulfonamides is 1. The molecule has 1 atom stereocenters. The van der Waals surface area contributed by atoms with Crippen LogP contribution >= 0.6 is 0 Å². The van der Waals surface area contributed by atoms with E-state index in [1.807, 2.05) is 19.1 Å². The van der Waals surface area contributed by atoms with Gasteiger partial charge in [0.1, 0.15) is 5.75 Å². The predicted octanol–water partition coefficient (Wildman–Crippen LogP) is 2.31. The number of hydrogen-bond acceptors (Lipinski definition) is 6. The second-order valence-corrected chi connectivity index (χ2v) is 9.61. The SMILES string of the molecule is COCCCNS(=O)(=O)c1ccc(NC(=O)C2CC(=O)N(c3cc(C)ccc3OC)C2)cc1. The smallest absolute Gasteiger partial charge is 0.240 e. The summed E-state index contributed by atoms with van der Waals surface area (Å²) in [5.74, 6) is -0.415. The van der Waals surface area contributed by atoms with Gasteiger partial charge in [-0.3, -0.25) is 9.59 Å². The van der Waals surface area contributed by atoms with Crippen molar-refractivity contribution < 1.29 is 27.5 Å². The topological polar surface area (TPSA) is 114 Å². The van der Waals surface area contributed by atoms with Crippen LogP contribution in [0.5, 0.6) is 5.75 Å². The average molecular weight is 476 g/mol. The molecule has 1 fully saturated rings. The van der Waals surface area contributed by atoms with Crippen LogP contribution in [0, 0.1) is 12.8 Å². The third kappa shape index (κ3) is 6.10. The molecule has 1 unspecified atom stereocenters. The fourth-order valence-corrected chi connectivity index (χ4v) is 4.67. The first kappa shape index (κ1) is 24.7. The van der Waals surface area contributed by atoms with E-state index in [1.165, 1.54) is 31.4 Å². The van der Waals surface area contributed by atoms with Crippen LogP contribution in [0.15, 0.2) is 47.4 Å². The third-order valence-electron chi connectivity index (χ3n) is 5.37. The number of rotatable bonds is 10. The van der Waals surface area contributed by atoms with Crippen LogP contribution in [0.3, 0.4) is 0 Å². The van der Waals surface area contributed by atoms with Crippen molar-refractivity contribution in [2.75, 3.05) is 44.1 Å². The highest BCUT2D eigenvalue weighted by Gasteiger charge is 2.36. The Balaban J connectivity index is 1.63. The third-order valence-corrected chi connectivity index (χ3v) is 6.85. The molecule has 2 N–H and O–H groups in total. The van der Waals surface area contributed by atoms with Crippen LogP contribution in [-0.2, 0) is 24.3 Å². The molecule has 0 spiro atoms. The summed E-state index contributed by atoms with van der Waals surface area (Å²) < 4.78 is 37.4. The zero-order chi connectivity index (χ0) is 24.0. The Bertz CT molecular complexity index is 1100. The summed E-state index contributed by atoms with van der Waals surface area (Å²) in [7, 11) is -0.543. The lowest BCUT2D eigenvalue weighted by molar-refractivity contribution is -0.122. The van der Waals surface area contributed by atoms with Crippen molar-refractivity contribution in [1.29, 1.82) is 0 Å². The van der Waals surface area contributed by atoms with E-state index in [9.17, 15) is 18.0 Å². The van der Waals surface area contributed by atoms with Crippen molar-refractivity contribution >= 4 is 33.2 Å². The minimum atomic E-state index is -3.64. The minimum absolute atomic E-state index is 0.0841. The molecule has 0 aromatic heterocycles. The number of benzene rings is 2. The van der Waals surface area contributed by atoms with Crippen molar-refractivity contribution in [2.24, 2.45) is 5.92 Å². The van der Waals surface area contributed by atoms with Gasteiger partial charge in [-0.1, -0.05) is 6.07 Å². The predicted molar refractivity (Wildman–Crippen MR) is 125 cm³/mol. The molecule has 2 amide bonds. The van der Waals surface area contributed by atoms with E-state index in [0.717, 1.165) is 5.56 Å². The van der Waals surface area contributed by atoms with Crippen molar-refractivity contribution in [2.45, 2.75) is 24.7 Å². The summed E-state index contributed by atoms with van der Waals surface area (Å²) in [5.41, 5.74) is 2.08. The van der Waals surface area contributed by atoms with Gasteiger partial charge in [0, 0.05) is 38.9 Å². The maximum Gasteiger partial charge on any atom is 0.240 e. The molecule has 0 bridgehead atoms. The number of carbonyl (C=O) groups is 2. The van der Waals surface area contributed by atoms with E-state index in [0.29, 0.717) is 30.2 Å². The second-order valence-electron chi connectivity index (χ2n) is 7.84. The second kappa shape index (κ2) is 10.8. The molecule has 0 saturated carbocycles. The average Bonchev–Trinajstić information content (AvgIpc) is 3.18. The molecule has 0 aliphatic carbocycles. The Morgan fingerprint density at radius 1 is 1.15 bits per heavy atom. The Labute approximate surface area is 194 Å². The molecule has 33 heavy (non-hydrogen) atoms. The molecule has 1 heterocycles. The molecule has 0 radical (unpaired) electrons. The first-order valence-corrected chi connectivity index (χ1v) is 12.1. The molecular formula is C23H29N3O6S. The number of nitrogens with one attached hydrogen (secondary N) is 2. The van der Waals surface area contributed by atoms with Gasteiger partial charge in [0.25, 0.3) is 0 Å². The summed E-state index contributed by atoms with van der Waals surface area (Å²) in [4.78, 5) is 27.1. The Kier molecular flexibility index (Phi) is 8.06. The normalized spacial score (nSPS) is 16.2. The first-order valence-electron chi connectivity index (χ1n) is 10.6. The molecule has 3 rings (SSSR count). The number of nitrogens with zero attached hydrogens (tertiary/aromatic N) is 1. The fraction of sp³-hybridized carbons (Fsp3) is 0.391. The molecular weight excluding hydrogens is 446 g/mol. The number of aryl methyl sites for hydroxylation is 1. The van der Waals surface area contributed by atoms with E-state index in [-0.39, 0.29) is 36.2 Å². The fourth-order valence-electron chi connectivity index (χ4n) is 3.60. The van der Waals surface area contributed by atoms with Gasteiger partial charge in [-0.25, -0.2) is 13.1 Å².